The second-order valence-electron chi connectivity index (χ2n) is 5.59. The smallest absolute Gasteiger partial charge is 0.330 e. The fourth-order valence-electron chi connectivity index (χ4n) is 2.73. The topological polar surface area (TPSA) is 92.4 Å². The summed E-state index contributed by atoms with van der Waals surface area (Å²) in [4.78, 5) is 23.7. The second kappa shape index (κ2) is 7.09. The maximum Gasteiger partial charge on any atom is 0.330 e. The number of amides is 1. The Kier molecular flexibility index (Phi) is 5.16. The number of nitrogens with zero attached hydrogens (tertiary/aromatic N) is 1. The Labute approximate surface area is 134 Å². The minimum atomic E-state index is -1.09. The molecule has 2 atom stereocenters. The summed E-state index contributed by atoms with van der Waals surface area (Å²) in [5, 5.41) is 15.8. The molecule has 0 radical (unpaired) electrons. The van der Waals surface area contributed by atoms with Gasteiger partial charge >= 0.3 is 5.97 Å². The van der Waals surface area contributed by atoms with Crippen LogP contribution in [0.2, 0.25) is 0 Å². The lowest BCUT2D eigenvalue weighted by atomic mass is 9.95. The van der Waals surface area contributed by atoms with Gasteiger partial charge in [0.05, 0.1) is 5.69 Å². The van der Waals surface area contributed by atoms with Gasteiger partial charge in [0.25, 0.3) is 0 Å². The molecular formula is C17H20N2O4. The van der Waals surface area contributed by atoms with Crippen molar-refractivity contribution < 1.29 is 19.2 Å². The van der Waals surface area contributed by atoms with Gasteiger partial charge in [-0.1, -0.05) is 42.4 Å². The van der Waals surface area contributed by atoms with Crippen molar-refractivity contribution in [1.82, 2.24) is 10.5 Å². The van der Waals surface area contributed by atoms with E-state index >= 15 is 0 Å². The third-order valence-corrected chi connectivity index (χ3v) is 3.76. The van der Waals surface area contributed by atoms with Gasteiger partial charge in [-0.25, -0.2) is 4.79 Å². The summed E-state index contributed by atoms with van der Waals surface area (Å²) in [5.74, 6) is -0.838. The minimum absolute atomic E-state index is 0.105. The van der Waals surface area contributed by atoms with Crippen molar-refractivity contribution in [1.29, 1.82) is 0 Å². The Morgan fingerprint density at radius 3 is 2.43 bits per heavy atom. The van der Waals surface area contributed by atoms with Crippen LogP contribution in [0.4, 0.5) is 0 Å². The summed E-state index contributed by atoms with van der Waals surface area (Å²) in [6, 6.07) is 7.58. The van der Waals surface area contributed by atoms with Crippen molar-refractivity contribution in [3.63, 3.8) is 0 Å². The van der Waals surface area contributed by atoms with Crippen molar-refractivity contribution in [2.45, 2.75) is 39.2 Å². The van der Waals surface area contributed by atoms with Crippen LogP contribution in [-0.2, 0) is 9.59 Å². The first-order valence-electron chi connectivity index (χ1n) is 7.40. The van der Waals surface area contributed by atoms with Gasteiger partial charge in [0, 0.05) is 12.0 Å². The molecule has 0 spiro atoms. The Balaban J connectivity index is 2.07. The number of benzene rings is 1. The van der Waals surface area contributed by atoms with Gasteiger partial charge in [-0.3, -0.25) is 4.79 Å². The maximum atomic E-state index is 12.2. The molecule has 1 unspecified atom stereocenters. The Hall–Kier alpha value is -2.63. The molecule has 0 saturated carbocycles. The molecule has 1 amide bonds. The predicted molar refractivity (Wildman–Crippen MR) is 84.0 cm³/mol. The monoisotopic (exact) mass is 316 g/mol. The van der Waals surface area contributed by atoms with E-state index < -0.39 is 12.0 Å². The average Bonchev–Trinajstić information content (AvgIpc) is 2.84. The largest absolute Gasteiger partial charge is 0.479 e. The first-order chi connectivity index (χ1) is 10.9. The lowest BCUT2D eigenvalue weighted by molar-refractivity contribution is -0.142. The number of hydrogen-bond donors (Lipinski definition) is 2. The number of aromatic nitrogens is 1. The molecule has 122 valence electrons. The van der Waals surface area contributed by atoms with E-state index in [1.165, 1.54) is 0 Å². The quantitative estimate of drug-likeness (QED) is 0.855. The average molecular weight is 316 g/mol. The van der Waals surface area contributed by atoms with Crippen LogP contribution in [0, 0.1) is 13.8 Å². The number of carboxylic acid groups (broad SMARTS) is 1. The van der Waals surface area contributed by atoms with Crippen LogP contribution in [0.5, 0.6) is 0 Å². The molecule has 0 aliphatic carbocycles. The molecular weight excluding hydrogens is 296 g/mol. The van der Waals surface area contributed by atoms with Crippen LogP contribution in [0.3, 0.4) is 0 Å². The molecule has 1 aromatic carbocycles. The van der Waals surface area contributed by atoms with Crippen molar-refractivity contribution >= 4 is 11.9 Å². The summed E-state index contributed by atoms with van der Waals surface area (Å²) in [6.07, 6.45) is 0.166. The first kappa shape index (κ1) is 16.7. The van der Waals surface area contributed by atoms with E-state index in [2.05, 4.69) is 10.5 Å². The Morgan fingerprint density at radius 2 is 1.91 bits per heavy atom. The van der Waals surface area contributed by atoms with Gasteiger partial charge in [0.15, 0.2) is 6.04 Å². The number of hydrogen-bond acceptors (Lipinski definition) is 4. The minimum Gasteiger partial charge on any atom is -0.479 e. The molecule has 0 aliphatic rings. The Bertz CT molecular complexity index is 674. The molecule has 6 heteroatoms. The lowest BCUT2D eigenvalue weighted by Crippen LogP contribution is -2.34. The van der Waals surface area contributed by atoms with E-state index in [0.29, 0.717) is 11.3 Å². The summed E-state index contributed by atoms with van der Waals surface area (Å²) < 4.78 is 5.11. The highest BCUT2D eigenvalue weighted by molar-refractivity contribution is 5.85. The zero-order chi connectivity index (χ0) is 17.0. The normalized spacial score (nSPS) is 13.3. The molecule has 1 aromatic heterocycles. The highest BCUT2D eigenvalue weighted by atomic mass is 16.5. The number of nitrogens with one attached hydrogen (secondary N) is 1. The molecule has 0 saturated heterocycles. The zero-order valence-electron chi connectivity index (χ0n) is 13.4. The standard InChI is InChI=1S/C17H20N2O4/c1-10(15-11(2)19-23-12(15)3)9-14(20)18-16(17(21)22)13-7-5-4-6-8-13/h4-8,10,16H,9H2,1-3H3,(H,18,20)(H,21,22)/t10?,16-/m0/s1. The second-order valence-corrected chi connectivity index (χ2v) is 5.59. The van der Waals surface area contributed by atoms with Crippen LogP contribution in [-0.4, -0.2) is 22.1 Å². The third-order valence-electron chi connectivity index (χ3n) is 3.76. The molecule has 2 aromatic rings. The number of aliphatic carboxylic acids is 1. The van der Waals surface area contributed by atoms with Gasteiger partial charge < -0.3 is 14.9 Å². The Morgan fingerprint density at radius 1 is 1.26 bits per heavy atom. The highest BCUT2D eigenvalue weighted by Gasteiger charge is 2.24. The van der Waals surface area contributed by atoms with Gasteiger partial charge in [-0.2, -0.15) is 0 Å². The number of carbonyl (C=O) groups is 2. The van der Waals surface area contributed by atoms with E-state index in [9.17, 15) is 14.7 Å². The predicted octanol–water partition coefficient (Wildman–Crippen LogP) is 2.73. The lowest BCUT2D eigenvalue weighted by Gasteiger charge is -2.17. The van der Waals surface area contributed by atoms with Crippen LogP contribution in [0.15, 0.2) is 34.9 Å². The fourth-order valence-corrected chi connectivity index (χ4v) is 2.73. The van der Waals surface area contributed by atoms with Gasteiger partial charge in [-0.15, -0.1) is 0 Å². The summed E-state index contributed by atoms with van der Waals surface area (Å²) >= 11 is 0. The van der Waals surface area contributed by atoms with Gasteiger partial charge in [0.2, 0.25) is 5.91 Å². The van der Waals surface area contributed by atoms with Crippen molar-refractivity contribution in [2.24, 2.45) is 0 Å². The van der Waals surface area contributed by atoms with Crippen LogP contribution in [0.25, 0.3) is 0 Å². The fraction of sp³-hybridized carbons (Fsp3) is 0.353. The molecule has 2 rings (SSSR count). The highest BCUT2D eigenvalue weighted by Crippen LogP contribution is 2.26. The first-order valence-corrected chi connectivity index (χ1v) is 7.40. The van der Waals surface area contributed by atoms with Crippen LogP contribution < -0.4 is 5.32 Å². The summed E-state index contributed by atoms with van der Waals surface area (Å²) in [6.45, 7) is 5.52. The molecule has 0 aliphatic heterocycles. The van der Waals surface area contributed by atoms with Crippen LogP contribution in [0.1, 0.15) is 47.9 Å². The van der Waals surface area contributed by atoms with E-state index in [-0.39, 0.29) is 18.2 Å². The zero-order valence-corrected chi connectivity index (χ0v) is 13.4. The van der Waals surface area contributed by atoms with Crippen LogP contribution >= 0.6 is 0 Å². The van der Waals surface area contributed by atoms with E-state index in [1.54, 1.807) is 37.3 Å². The number of aryl methyl sites for hydroxylation is 2. The van der Waals surface area contributed by atoms with Gasteiger partial charge in [-0.05, 0) is 25.3 Å². The summed E-state index contributed by atoms with van der Waals surface area (Å²) in [7, 11) is 0. The maximum absolute atomic E-state index is 12.2. The molecule has 23 heavy (non-hydrogen) atoms. The van der Waals surface area contributed by atoms with Gasteiger partial charge in [0.1, 0.15) is 5.76 Å². The van der Waals surface area contributed by atoms with Crippen molar-refractivity contribution in [3.8, 4) is 0 Å². The molecule has 0 fully saturated rings. The number of carbonyl (C=O) groups excluding carboxylic acids is 1. The number of rotatable bonds is 6. The SMILES string of the molecule is Cc1noc(C)c1C(C)CC(=O)N[C@H](C(=O)O)c1ccccc1. The number of carboxylic acids is 1. The van der Waals surface area contributed by atoms with E-state index in [1.807, 2.05) is 13.8 Å². The van der Waals surface area contributed by atoms with E-state index in [0.717, 1.165) is 11.3 Å². The molecule has 2 N–H and O–H groups in total. The molecule has 6 nitrogen and oxygen atoms in total. The van der Waals surface area contributed by atoms with Crippen molar-refractivity contribution in [2.75, 3.05) is 0 Å². The van der Waals surface area contributed by atoms with Crippen molar-refractivity contribution in [3.05, 3.63) is 52.9 Å². The molecule has 0 bridgehead atoms. The summed E-state index contributed by atoms with van der Waals surface area (Å²) in [5.41, 5.74) is 2.19. The molecule has 1 heterocycles. The van der Waals surface area contributed by atoms with E-state index in [4.69, 9.17) is 4.52 Å². The third kappa shape index (κ3) is 3.97.